The van der Waals surface area contributed by atoms with Crippen LogP contribution in [-0.4, -0.2) is 9.59 Å². The van der Waals surface area contributed by atoms with E-state index in [0.717, 1.165) is 4.88 Å². The van der Waals surface area contributed by atoms with Crippen molar-refractivity contribution in [1.29, 1.82) is 0 Å². The highest BCUT2D eigenvalue weighted by atomic mass is 32.1. The smallest absolute Gasteiger partial charge is 0.130 e. The molecule has 3 heteroatoms. The molecule has 8 heavy (non-hydrogen) atoms. The lowest BCUT2D eigenvalue weighted by Gasteiger charge is -1.92. The largest absolute Gasteiger partial charge is 0.136 e. The third-order valence-corrected chi connectivity index (χ3v) is 1.79. The number of hydrogen-bond donors (Lipinski definition) is 0. The minimum absolute atomic E-state index is 0.523. The maximum Gasteiger partial charge on any atom is 0.130 e. The van der Waals surface area contributed by atoms with E-state index >= 15 is 0 Å². The highest BCUT2D eigenvalue weighted by Crippen LogP contribution is 2.14. The average molecular weight is 127 g/mol. The first-order chi connectivity index (χ1) is 3.80. The van der Waals surface area contributed by atoms with Crippen molar-refractivity contribution >= 4 is 11.5 Å². The standard InChI is InChI=1S/C5H7N2S/c1-4(2)5-3-6-7-8-5/h4H,1-2H3. The zero-order chi connectivity index (χ0) is 5.98. The summed E-state index contributed by atoms with van der Waals surface area (Å²) in [5.74, 6) is 0.523. The summed E-state index contributed by atoms with van der Waals surface area (Å²) in [5.41, 5.74) is 0. The Kier molecular flexibility index (Phi) is 1.58. The zero-order valence-electron chi connectivity index (χ0n) is 4.88. The second kappa shape index (κ2) is 2.22. The molecule has 1 radical (unpaired) electrons. The van der Waals surface area contributed by atoms with Crippen LogP contribution in [0, 0.1) is 6.20 Å². The summed E-state index contributed by atoms with van der Waals surface area (Å²) in [6.07, 6.45) is 2.79. The predicted octanol–water partition coefficient (Wildman–Crippen LogP) is 1.46. The van der Waals surface area contributed by atoms with Crippen molar-refractivity contribution in [3.8, 4) is 0 Å². The molecule has 0 aliphatic heterocycles. The average Bonchev–Trinajstić information content (AvgIpc) is 2.12. The summed E-state index contributed by atoms with van der Waals surface area (Å²) in [5, 5.41) is 3.59. The Bertz CT molecular complexity index is 145. The molecule has 43 valence electrons. The minimum Gasteiger partial charge on any atom is -0.136 e. The lowest BCUT2D eigenvalue weighted by Crippen LogP contribution is -1.78. The van der Waals surface area contributed by atoms with Crippen LogP contribution in [0.2, 0.25) is 0 Å². The van der Waals surface area contributed by atoms with Crippen molar-refractivity contribution in [2.75, 3.05) is 0 Å². The van der Waals surface area contributed by atoms with Crippen molar-refractivity contribution in [2.24, 2.45) is 0 Å². The molecule has 0 spiro atoms. The number of aromatic nitrogens is 2. The summed E-state index contributed by atoms with van der Waals surface area (Å²) in [6, 6.07) is 0. The molecule has 0 aliphatic carbocycles. The van der Waals surface area contributed by atoms with E-state index in [1.807, 2.05) is 0 Å². The first-order valence-electron chi connectivity index (χ1n) is 2.50. The Morgan fingerprint density at radius 2 is 2.38 bits per heavy atom. The van der Waals surface area contributed by atoms with Gasteiger partial charge in [0.2, 0.25) is 0 Å². The molecular weight excluding hydrogens is 120 g/mol. The number of nitrogens with zero attached hydrogens (tertiary/aromatic N) is 2. The van der Waals surface area contributed by atoms with Crippen LogP contribution in [0.25, 0.3) is 0 Å². The van der Waals surface area contributed by atoms with Crippen LogP contribution in [0.3, 0.4) is 0 Å². The van der Waals surface area contributed by atoms with Crippen LogP contribution in [0.5, 0.6) is 0 Å². The maximum atomic E-state index is 3.68. The molecule has 0 saturated heterocycles. The molecule has 1 heterocycles. The molecule has 0 fully saturated rings. The fraction of sp³-hybridized carbons (Fsp3) is 0.600. The highest BCUT2D eigenvalue weighted by molar-refractivity contribution is 7.05. The summed E-state index contributed by atoms with van der Waals surface area (Å²) < 4.78 is 3.68. The molecule has 0 atom stereocenters. The van der Waals surface area contributed by atoms with Gasteiger partial charge in [-0.3, -0.25) is 0 Å². The van der Waals surface area contributed by atoms with E-state index in [-0.39, 0.29) is 0 Å². The lowest BCUT2D eigenvalue weighted by atomic mass is 10.2. The molecule has 0 saturated carbocycles. The van der Waals surface area contributed by atoms with Gasteiger partial charge in [-0.15, -0.1) is 5.10 Å². The summed E-state index contributed by atoms with van der Waals surface area (Å²) in [6.45, 7) is 4.21. The van der Waals surface area contributed by atoms with Crippen LogP contribution >= 0.6 is 11.5 Å². The van der Waals surface area contributed by atoms with Crippen molar-refractivity contribution in [2.45, 2.75) is 19.8 Å². The second-order valence-corrected chi connectivity index (χ2v) is 2.69. The lowest BCUT2D eigenvalue weighted by molar-refractivity contribution is 0.882. The second-order valence-electron chi connectivity index (χ2n) is 1.90. The van der Waals surface area contributed by atoms with Gasteiger partial charge in [0.05, 0.1) is 4.88 Å². The van der Waals surface area contributed by atoms with Gasteiger partial charge in [-0.2, -0.15) is 0 Å². The van der Waals surface area contributed by atoms with Crippen LogP contribution in [-0.2, 0) is 0 Å². The van der Waals surface area contributed by atoms with Crippen molar-refractivity contribution < 1.29 is 0 Å². The van der Waals surface area contributed by atoms with E-state index in [1.54, 1.807) is 0 Å². The van der Waals surface area contributed by atoms with Gasteiger partial charge in [0.15, 0.2) is 0 Å². The highest BCUT2D eigenvalue weighted by Gasteiger charge is 1.99. The molecule has 0 aliphatic rings. The van der Waals surface area contributed by atoms with Gasteiger partial charge >= 0.3 is 0 Å². The number of hydrogen-bond acceptors (Lipinski definition) is 3. The van der Waals surface area contributed by atoms with Crippen molar-refractivity contribution in [1.82, 2.24) is 9.59 Å². The SMILES string of the molecule is CC(C)c1[c]nns1. The first-order valence-corrected chi connectivity index (χ1v) is 3.28. The molecule has 0 N–H and O–H groups in total. The van der Waals surface area contributed by atoms with E-state index in [9.17, 15) is 0 Å². The van der Waals surface area contributed by atoms with Gasteiger partial charge in [-0.1, -0.05) is 18.3 Å². The maximum absolute atomic E-state index is 3.68. The topological polar surface area (TPSA) is 25.8 Å². The normalized spacial score (nSPS) is 10.4. The molecule has 1 rings (SSSR count). The van der Waals surface area contributed by atoms with Gasteiger partial charge in [0, 0.05) is 0 Å². The Morgan fingerprint density at radius 1 is 1.62 bits per heavy atom. The summed E-state index contributed by atoms with van der Waals surface area (Å²) in [7, 11) is 0. The zero-order valence-corrected chi connectivity index (χ0v) is 5.70. The molecular formula is C5H7N2S. The third kappa shape index (κ3) is 1.04. The molecule has 0 aromatic carbocycles. The van der Waals surface area contributed by atoms with E-state index in [4.69, 9.17) is 0 Å². The number of rotatable bonds is 1. The van der Waals surface area contributed by atoms with Gasteiger partial charge in [0.25, 0.3) is 0 Å². The Hall–Kier alpha value is -0.440. The third-order valence-electron chi connectivity index (χ3n) is 0.865. The van der Waals surface area contributed by atoms with Gasteiger partial charge in [-0.25, -0.2) is 0 Å². The van der Waals surface area contributed by atoms with E-state index in [2.05, 4.69) is 29.6 Å². The summed E-state index contributed by atoms with van der Waals surface area (Å²) >= 11 is 1.41. The molecule has 0 bridgehead atoms. The van der Waals surface area contributed by atoms with Crippen molar-refractivity contribution in [3.63, 3.8) is 0 Å². The summed E-state index contributed by atoms with van der Waals surface area (Å²) in [4.78, 5) is 1.13. The first kappa shape index (κ1) is 5.69. The van der Waals surface area contributed by atoms with E-state index in [1.165, 1.54) is 11.5 Å². The van der Waals surface area contributed by atoms with Crippen LogP contribution in [0.15, 0.2) is 0 Å². The Labute approximate surface area is 52.7 Å². The fourth-order valence-corrected chi connectivity index (χ4v) is 0.851. The Morgan fingerprint density at radius 3 is 2.62 bits per heavy atom. The van der Waals surface area contributed by atoms with Crippen LogP contribution in [0.4, 0.5) is 0 Å². The van der Waals surface area contributed by atoms with Crippen LogP contribution < -0.4 is 0 Å². The monoisotopic (exact) mass is 127 g/mol. The minimum atomic E-state index is 0.523. The molecule has 1 aromatic rings. The van der Waals surface area contributed by atoms with Gasteiger partial charge < -0.3 is 0 Å². The van der Waals surface area contributed by atoms with Gasteiger partial charge in [-0.05, 0) is 17.5 Å². The molecule has 2 nitrogen and oxygen atoms in total. The van der Waals surface area contributed by atoms with Crippen molar-refractivity contribution in [3.05, 3.63) is 11.1 Å². The molecule has 1 aromatic heterocycles. The molecule has 0 unspecified atom stereocenters. The quantitative estimate of drug-likeness (QED) is 0.570. The van der Waals surface area contributed by atoms with Crippen LogP contribution in [0.1, 0.15) is 24.6 Å². The predicted molar refractivity (Wildman–Crippen MR) is 32.8 cm³/mol. The molecule has 0 amide bonds. The van der Waals surface area contributed by atoms with Gasteiger partial charge in [0.1, 0.15) is 6.20 Å². The van der Waals surface area contributed by atoms with E-state index in [0.29, 0.717) is 5.92 Å². The Balaban J connectivity index is 2.77. The fourth-order valence-electron chi connectivity index (χ4n) is 0.389. The van der Waals surface area contributed by atoms with E-state index < -0.39 is 0 Å².